The van der Waals surface area contributed by atoms with Gasteiger partial charge in [-0.3, -0.25) is 0 Å². The quantitative estimate of drug-likeness (QED) is 0.494. The van der Waals surface area contributed by atoms with Gasteiger partial charge in [-0.15, -0.1) is 11.3 Å². The molecule has 0 atom stereocenters. The Balaban J connectivity index is 2.35. The molecule has 0 bridgehead atoms. The standard InChI is InChI=1S/C17H12OS/c18-10-12-9-16-14(7-8-19-16)15-6-5-11-3-1-2-4-13(11)17(12)15/h1-9,18H,10H2. The number of hydrogen-bond donors (Lipinski definition) is 1. The minimum absolute atomic E-state index is 0.0817. The summed E-state index contributed by atoms with van der Waals surface area (Å²) in [6.45, 7) is 0.0817. The Kier molecular flexibility index (Phi) is 2.34. The highest BCUT2D eigenvalue weighted by molar-refractivity contribution is 7.17. The first-order valence-corrected chi connectivity index (χ1v) is 7.18. The van der Waals surface area contributed by atoms with Crippen LogP contribution in [0.2, 0.25) is 0 Å². The minimum atomic E-state index is 0.0817. The minimum Gasteiger partial charge on any atom is -0.392 e. The van der Waals surface area contributed by atoms with E-state index in [0.29, 0.717) is 0 Å². The molecule has 0 aliphatic heterocycles. The molecule has 0 aliphatic rings. The van der Waals surface area contributed by atoms with Crippen LogP contribution in [-0.2, 0) is 6.61 Å². The molecule has 0 saturated carbocycles. The molecule has 92 valence electrons. The van der Waals surface area contributed by atoms with E-state index >= 15 is 0 Å². The van der Waals surface area contributed by atoms with E-state index in [2.05, 4.69) is 53.9 Å². The maximum absolute atomic E-state index is 9.70. The van der Waals surface area contributed by atoms with Crippen LogP contribution in [0.15, 0.2) is 53.9 Å². The highest BCUT2D eigenvalue weighted by atomic mass is 32.1. The molecule has 1 N–H and O–H groups in total. The van der Waals surface area contributed by atoms with Crippen molar-refractivity contribution in [2.75, 3.05) is 0 Å². The number of fused-ring (bicyclic) bond motifs is 5. The smallest absolute Gasteiger partial charge is 0.0688 e. The van der Waals surface area contributed by atoms with Gasteiger partial charge in [0.1, 0.15) is 0 Å². The molecular weight excluding hydrogens is 252 g/mol. The molecule has 0 amide bonds. The summed E-state index contributed by atoms with van der Waals surface area (Å²) in [5.41, 5.74) is 1.02. The summed E-state index contributed by atoms with van der Waals surface area (Å²) >= 11 is 1.73. The van der Waals surface area contributed by atoms with Crippen molar-refractivity contribution >= 4 is 43.0 Å². The number of thiophene rings is 1. The van der Waals surface area contributed by atoms with Crippen LogP contribution in [0.25, 0.3) is 31.6 Å². The molecule has 4 aromatic rings. The van der Waals surface area contributed by atoms with E-state index in [0.717, 1.165) is 5.56 Å². The largest absolute Gasteiger partial charge is 0.392 e. The van der Waals surface area contributed by atoms with Gasteiger partial charge in [0.2, 0.25) is 0 Å². The molecule has 1 aromatic heterocycles. The fourth-order valence-corrected chi connectivity index (χ4v) is 3.72. The van der Waals surface area contributed by atoms with Crippen LogP contribution in [0.1, 0.15) is 5.56 Å². The summed E-state index contributed by atoms with van der Waals surface area (Å²) in [5, 5.41) is 18.0. The average Bonchev–Trinajstić information content (AvgIpc) is 2.94. The molecule has 0 spiro atoms. The van der Waals surface area contributed by atoms with Crippen LogP contribution in [0.4, 0.5) is 0 Å². The van der Waals surface area contributed by atoms with E-state index in [9.17, 15) is 5.11 Å². The second-order valence-electron chi connectivity index (χ2n) is 4.74. The van der Waals surface area contributed by atoms with Gasteiger partial charge in [0.25, 0.3) is 0 Å². The van der Waals surface area contributed by atoms with E-state index in [-0.39, 0.29) is 6.61 Å². The zero-order chi connectivity index (χ0) is 12.8. The van der Waals surface area contributed by atoms with Crippen molar-refractivity contribution in [3.05, 3.63) is 59.5 Å². The zero-order valence-electron chi connectivity index (χ0n) is 10.3. The Hall–Kier alpha value is -1.90. The maximum atomic E-state index is 9.70. The van der Waals surface area contributed by atoms with E-state index in [1.165, 1.54) is 31.6 Å². The predicted octanol–water partition coefficient (Wildman–Crippen LogP) is 4.70. The lowest BCUT2D eigenvalue weighted by atomic mass is 9.96. The third kappa shape index (κ3) is 1.51. The number of benzene rings is 3. The lowest BCUT2D eigenvalue weighted by molar-refractivity contribution is 0.283. The van der Waals surface area contributed by atoms with Crippen molar-refractivity contribution in [2.45, 2.75) is 6.61 Å². The third-order valence-corrected chi connectivity index (χ3v) is 4.58. The Morgan fingerprint density at radius 2 is 1.79 bits per heavy atom. The van der Waals surface area contributed by atoms with Gasteiger partial charge in [0.15, 0.2) is 0 Å². The van der Waals surface area contributed by atoms with Crippen LogP contribution >= 0.6 is 11.3 Å². The van der Waals surface area contributed by atoms with Gasteiger partial charge in [0.05, 0.1) is 6.61 Å². The second-order valence-corrected chi connectivity index (χ2v) is 5.68. The first kappa shape index (κ1) is 11.0. The first-order chi connectivity index (χ1) is 9.38. The van der Waals surface area contributed by atoms with Crippen molar-refractivity contribution in [2.24, 2.45) is 0 Å². The van der Waals surface area contributed by atoms with E-state index < -0.39 is 0 Å². The molecule has 3 aromatic carbocycles. The van der Waals surface area contributed by atoms with Crippen LogP contribution in [0, 0.1) is 0 Å². The topological polar surface area (TPSA) is 20.2 Å². The van der Waals surface area contributed by atoms with Crippen LogP contribution in [0.3, 0.4) is 0 Å². The number of rotatable bonds is 1. The van der Waals surface area contributed by atoms with E-state index in [1.54, 1.807) is 11.3 Å². The lowest BCUT2D eigenvalue weighted by Gasteiger charge is -2.09. The fourth-order valence-electron chi connectivity index (χ4n) is 2.85. The molecule has 0 fully saturated rings. The van der Waals surface area contributed by atoms with Gasteiger partial charge in [-0.1, -0.05) is 36.4 Å². The second kappa shape index (κ2) is 4.05. The van der Waals surface area contributed by atoms with Crippen LogP contribution in [0.5, 0.6) is 0 Å². The first-order valence-electron chi connectivity index (χ1n) is 6.30. The van der Waals surface area contributed by atoms with Crippen molar-refractivity contribution in [1.29, 1.82) is 0 Å². The summed E-state index contributed by atoms with van der Waals surface area (Å²) < 4.78 is 1.24. The maximum Gasteiger partial charge on any atom is 0.0688 e. The monoisotopic (exact) mass is 264 g/mol. The zero-order valence-corrected chi connectivity index (χ0v) is 11.1. The van der Waals surface area contributed by atoms with Gasteiger partial charge in [-0.25, -0.2) is 0 Å². The Labute approximate surface area is 114 Å². The molecular formula is C17H12OS. The highest BCUT2D eigenvalue weighted by Gasteiger charge is 2.09. The molecule has 0 saturated heterocycles. The van der Waals surface area contributed by atoms with Crippen molar-refractivity contribution in [3.8, 4) is 0 Å². The summed E-state index contributed by atoms with van der Waals surface area (Å²) in [4.78, 5) is 0. The fraction of sp³-hybridized carbons (Fsp3) is 0.0588. The number of aliphatic hydroxyl groups excluding tert-OH is 1. The lowest BCUT2D eigenvalue weighted by Crippen LogP contribution is -1.88. The summed E-state index contributed by atoms with van der Waals surface area (Å²) in [7, 11) is 0. The van der Waals surface area contributed by atoms with Crippen molar-refractivity contribution in [3.63, 3.8) is 0 Å². The number of aliphatic hydroxyl groups is 1. The Morgan fingerprint density at radius 3 is 2.68 bits per heavy atom. The summed E-state index contributed by atoms with van der Waals surface area (Å²) in [6, 6.07) is 17.0. The molecule has 0 aliphatic carbocycles. The van der Waals surface area contributed by atoms with Gasteiger partial charge >= 0.3 is 0 Å². The van der Waals surface area contributed by atoms with Gasteiger partial charge in [-0.05, 0) is 44.6 Å². The van der Waals surface area contributed by atoms with Gasteiger partial charge < -0.3 is 5.11 Å². The highest BCUT2D eigenvalue weighted by Crippen LogP contribution is 2.36. The third-order valence-electron chi connectivity index (χ3n) is 3.71. The predicted molar refractivity (Wildman–Crippen MR) is 82.8 cm³/mol. The molecule has 1 nitrogen and oxygen atoms in total. The van der Waals surface area contributed by atoms with Crippen molar-refractivity contribution in [1.82, 2.24) is 0 Å². The Morgan fingerprint density at radius 1 is 0.895 bits per heavy atom. The van der Waals surface area contributed by atoms with E-state index in [1.807, 2.05) is 0 Å². The summed E-state index contributed by atoms with van der Waals surface area (Å²) in [5.74, 6) is 0. The molecule has 4 rings (SSSR count). The molecule has 0 radical (unpaired) electrons. The normalized spacial score (nSPS) is 11.6. The molecule has 2 heteroatoms. The van der Waals surface area contributed by atoms with Gasteiger partial charge in [-0.2, -0.15) is 0 Å². The molecule has 0 unspecified atom stereocenters. The Bertz CT molecular complexity index is 905. The molecule has 19 heavy (non-hydrogen) atoms. The number of hydrogen-bond acceptors (Lipinski definition) is 2. The average molecular weight is 264 g/mol. The van der Waals surface area contributed by atoms with Crippen molar-refractivity contribution < 1.29 is 5.11 Å². The van der Waals surface area contributed by atoms with Crippen LogP contribution < -0.4 is 0 Å². The van der Waals surface area contributed by atoms with Gasteiger partial charge in [0, 0.05) is 10.1 Å². The molecule has 1 heterocycles. The van der Waals surface area contributed by atoms with Crippen LogP contribution in [-0.4, -0.2) is 5.11 Å². The van der Waals surface area contributed by atoms with E-state index in [4.69, 9.17) is 0 Å². The summed E-state index contributed by atoms with van der Waals surface area (Å²) in [6.07, 6.45) is 0. The SMILES string of the molecule is OCc1cc2sccc2c2ccc3ccccc3c12.